The van der Waals surface area contributed by atoms with Crippen LogP contribution in [0.1, 0.15) is 52.4 Å². The molecule has 0 aliphatic heterocycles. The Balaban J connectivity index is 2.06. The zero-order valence-electron chi connectivity index (χ0n) is 13.1. The first-order valence-corrected chi connectivity index (χ1v) is 7.61. The average molecular weight is 303 g/mol. The number of carbonyl (C=O) groups is 2. The molecule has 4 aliphatic carbocycles. The van der Waals surface area contributed by atoms with Crippen LogP contribution < -0.4 is 0 Å². The molecule has 0 amide bonds. The molecule has 4 fully saturated rings. The fourth-order valence-electron chi connectivity index (χ4n) is 5.78. The van der Waals surface area contributed by atoms with Crippen molar-refractivity contribution in [3.05, 3.63) is 12.2 Å². The van der Waals surface area contributed by atoms with Crippen LogP contribution in [0.4, 0.5) is 0 Å². The number of carboxylic acid groups (broad SMARTS) is 1. The number of hydrogen-bond donors (Lipinski definition) is 1. The minimum Gasteiger partial charge on any atom is -0.481 e. The standard InChI is InChI=1S/C17H21NO4/c1-11(2)12(19)22-17-6-14(3)4-15(8-17,10-18)7-16(5-14,9-17)13(20)21/h1,4-9H2,2-3H3,(H,20,21). The summed E-state index contributed by atoms with van der Waals surface area (Å²) < 4.78 is 5.73. The molecule has 0 saturated heterocycles. The van der Waals surface area contributed by atoms with Crippen LogP contribution in [0.2, 0.25) is 0 Å². The third-order valence-corrected chi connectivity index (χ3v) is 5.63. The second-order valence-corrected chi connectivity index (χ2v) is 8.20. The van der Waals surface area contributed by atoms with Crippen molar-refractivity contribution in [2.45, 2.75) is 58.0 Å². The predicted molar refractivity (Wildman–Crippen MR) is 77.6 cm³/mol. The quantitative estimate of drug-likeness (QED) is 0.640. The maximum Gasteiger partial charge on any atom is 0.333 e. The lowest BCUT2D eigenvalue weighted by Gasteiger charge is -2.65. The van der Waals surface area contributed by atoms with Gasteiger partial charge in [-0.05, 0) is 38.0 Å². The van der Waals surface area contributed by atoms with Gasteiger partial charge in [-0.2, -0.15) is 5.26 Å². The lowest BCUT2D eigenvalue weighted by atomic mass is 9.39. The van der Waals surface area contributed by atoms with Crippen LogP contribution in [0.5, 0.6) is 0 Å². The Kier molecular flexibility index (Phi) is 2.83. The molecule has 5 nitrogen and oxygen atoms in total. The Morgan fingerprint density at radius 1 is 1.18 bits per heavy atom. The summed E-state index contributed by atoms with van der Waals surface area (Å²) in [5, 5.41) is 19.5. The Morgan fingerprint density at radius 2 is 1.86 bits per heavy atom. The Hall–Kier alpha value is -1.83. The van der Waals surface area contributed by atoms with Crippen LogP contribution in [0.3, 0.4) is 0 Å². The van der Waals surface area contributed by atoms with Crippen molar-refractivity contribution >= 4 is 11.9 Å². The summed E-state index contributed by atoms with van der Waals surface area (Å²) >= 11 is 0. The van der Waals surface area contributed by atoms with Crippen LogP contribution in [0.25, 0.3) is 0 Å². The van der Waals surface area contributed by atoms with Crippen LogP contribution in [0.15, 0.2) is 12.2 Å². The number of hydrogen-bond acceptors (Lipinski definition) is 4. The molecule has 4 bridgehead atoms. The van der Waals surface area contributed by atoms with Gasteiger partial charge in [-0.3, -0.25) is 4.79 Å². The van der Waals surface area contributed by atoms with Gasteiger partial charge in [0.25, 0.3) is 0 Å². The predicted octanol–water partition coefficient (Wildman–Crippen LogP) is 2.81. The van der Waals surface area contributed by atoms with Crippen molar-refractivity contribution in [2.24, 2.45) is 16.2 Å². The van der Waals surface area contributed by atoms with Gasteiger partial charge in [-0.15, -0.1) is 0 Å². The van der Waals surface area contributed by atoms with Crippen molar-refractivity contribution in [1.82, 2.24) is 0 Å². The molecule has 0 radical (unpaired) electrons. The second kappa shape index (κ2) is 4.13. The van der Waals surface area contributed by atoms with E-state index in [2.05, 4.69) is 12.6 Å². The number of nitriles is 1. The summed E-state index contributed by atoms with van der Waals surface area (Å²) in [5.74, 6) is -1.35. The van der Waals surface area contributed by atoms with E-state index in [1.54, 1.807) is 6.92 Å². The van der Waals surface area contributed by atoms with Crippen molar-refractivity contribution in [2.75, 3.05) is 0 Å². The maximum absolute atomic E-state index is 12.0. The fourth-order valence-corrected chi connectivity index (χ4v) is 5.78. The van der Waals surface area contributed by atoms with Crippen molar-refractivity contribution < 1.29 is 19.4 Å². The summed E-state index contributed by atoms with van der Waals surface area (Å²) in [7, 11) is 0. The molecule has 4 rings (SSSR count). The summed E-state index contributed by atoms with van der Waals surface area (Å²) in [4.78, 5) is 24.0. The molecule has 0 heterocycles. The van der Waals surface area contributed by atoms with Gasteiger partial charge in [-0.25, -0.2) is 4.79 Å². The van der Waals surface area contributed by atoms with Gasteiger partial charge in [0.2, 0.25) is 0 Å². The summed E-state index contributed by atoms with van der Waals surface area (Å²) in [6, 6.07) is 2.36. The SMILES string of the molecule is C=C(C)C(=O)OC12CC3(C)CC(C#N)(C1)CC(C(=O)O)(C3)C2. The van der Waals surface area contributed by atoms with Crippen molar-refractivity contribution in [3.8, 4) is 6.07 Å². The van der Waals surface area contributed by atoms with Gasteiger partial charge in [0, 0.05) is 18.4 Å². The van der Waals surface area contributed by atoms with Crippen LogP contribution >= 0.6 is 0 Å². The lowest BCUT2D eigenvalue weighted by molar-refractivity contribution is -0.234. The number of ether oxygens (including phenoxy) is 1. The molecule has 0 spiro atoms. The molecule has 118 valence electrons. The van der Waals surface area contributed by atoms with Gasteiger partial charge < -0.3 is 9.84 Å². The highest BCUT2D eigenvalue weighted by molar-refractivity contribution is 5.87. The number of rotatable bonds is 3. The molecule has 4 unspecified atom stereocenters. The monoisotopic (exact) mass is 303 g/mol. The third-order valence-electron chi connectivity index (χ3n) is 5.63. The molecular formula is C17H21NO4. The van der Waals surface area contributed by atoms with Crippen LogP contribution in [-0.2, 0) is 14.3 Å². The minimum atomic E-state index is -0.950. The highest BCUT2D eigenvalue weighted by atomic mass is 16.6. The first-order valence-electron chi connectivity index (χ1n) is 7.61. The molecule has 0 aromatic carbocycles. The van der Waals surface area contributed by atoms with Gasteiger partial charge in [-0.1, -0.05) is 13.5 Å². The van der Waals surface area contributed by atoms with Crippen molar-refractivity contribution in [1.29, 1.82) is 5.26 Å². The molecular weight excluding hydrogens is 282 g/mol. The summed E-state index contributed by atoms with van der Waals surface area (Å²) in [5.41, 5.74) is -2.45. The molecule has 4 saturated carbocycles. The van der Waals surface area contributed by atoms with E-state index in [1.165, 1.54) is 0 Å². The van der Waals surface area contributed by atoms with Crippen LogP contribution in [0, 0.1) is 27.6 Å². The molecule has 5 heteroatoms. The number of carbonyl (C=O) groups excluding carboxylic acids is 1. The highest BCUT2D eigenvalue weighted by Gasteiger charge is 2.71. The van der Waals surface area contributed by atoms with E-state index in [-0.39, 0.29) is 5.41 Å². The molecule has 4 aliphatic rings. The van der Waals surface area contributed by atoms with Crippen LogP contribution in [-0.4, -0.2) is 22.6 Å². The van der Waals surface area contributed by atoms with E-state index in [9.17, 15) is 20.0 Å². The van der Waals surface area contributed by atoms with E-state index in [4.69, 9.17) is 4.74 Å². The third kappa shape index (κ3) is 1.97. The molecule has 22 heavy (non-hydrogen) atoms. The van der Waals surface area contributed by atoms with Gasteiger partial charge in [0.15, 0.2) is 0 Å². The zero-order valence-corrected chi connectivity index (χ0v) is 13.1. The Bertz CT molecular complexity index is 635. The number of esters is 1. The first-order chi connectivity index (χ1) is 10.1. The fraction of sp³-hybridized carbons (Fsp3) is 0.706. The average Bonchev–Trinajstić information content (AvgIpc) is 2.35. The summed E-state index contributed by atoms with van der Waals surface area (Å²) in [6.07, 6.45) is 3.02. The second-order valence-electron chi connectivity index (χ2n) is 8.20. The topological polar surface area (TPSA) is 87.4 Å². The largest absolute Gasteiger partial charge is 0.481 e. The maximum atomic E-state index is 12.0. The minimum absolute atomic E-state index is 0.266. The van der Waals surface area contributed by atoms with E-state index in [0.717, 1.165) is 0 Å². The number of aliphatic carboxylic acids is 1. The Labute approximate surface area is 129 Å². The normalized spacial score (nSPS) is 45.1. The Morgan fingerprint density at radius 3 is 2.41 bits per heavy atom. The molecule has 4 atom stereocenters. The van der Waals surface area contributed by atoms with E-state index in [0.29, 0.717) is 44.1 Å². The molecule has 0 aromatic heterocycles. The lowest BCUT2D eigenvalue weighted by Crippen LogP contribution is -2.66. The molecule has 1 N–H and O–H groups in total. The number of nitrogens with zero attached hydrogens (tertiary/aromatic N) is 1. The van der Waals surface area contributed by atoms with Gasteiger partial charge in [0.05, 0.1) is 16.9 Å². The van der Waals surface area contributed by atoms with Gasteiger partial charge >= 0.3 is 11.9 Å². The smallest absolute Gasteiger partial charge is 0.333 e. The van der Waals surface area contributed by atoms with E-state index in [1.807, 2.05) is 6.92 Å². The molecule has 0 aromatic rings. The van der Waals surface area contributed by atoms with E-state index < -0.39 is 28.4 Å². The highest BCUT2D eigenvalue weighted by Crippen LogP contribution is 2.71. The van der Waals surface area contributed by atoms with Crippen molar-refractivity contribution in [3.63, 3.8) is 0 Å². The first kappa shape index (κ1) is 15.1. The number of carboxylic acids is 1. The zero-order chi connectivity index (χ0) is 16.4. The van der Waals surface area contributed by atoms with E-state index >= 15 is 0 Å². The van der Waals surface area contributed by atoms with Gasteiger partial charge in [0.1, 0.15) is 5.60 Å². The summed E-state index contributed by atoms with van der Waals surface area (Å²) in [6.45, 7) is 7.21.